The summed E-state index contributed by atoms with van der Waals surface area (Å²) in [6.07, 6.45) is 7.18. The SMILES string of the molecule is N#Cc1cnn(-c2ccccc2N=Cc2ccccc2)c1-n1cccc1. The third kappa shape index (κ3) is 2.92. The Balaban J connectivity index is 1.82. The number of nitrogens with zero attached hydrogens (tertiary/aromatic N) is 5. The molecule has 0 aliphatic rings. The smallest absolute Gasteiger partial charge is 0.158 e. The Labute approximate surface area is 151 Å². The summed E-state index contributed by atoms with van der Waals surface area (Å²) >= 11 is 0. The van der Waals surface area contributed by atoms with Gasteiger partial charge in [0.25, 0.3) is 0 Å². The molecule has 0 N–H and O–H groups in total. The van der Waals surface area contributed by atoms with Crippen LogP contribution in [0.1, 0.15) is 11.1 Å². The second-order valence-electron chi connectivity index (χ2n) is 5.65. The second-order valence-corrected chi connectivity index (χ2v) is 5.65. The predicted octanol–water partition coefficient (Wildman–Crippen LogP) is 4.29. The van der Waals surface area contributed by atoms with Crippen LogP contribution in [0.3, 0.4) is 0 Å². The van der Waals surface area contributed by atoms with E-state index in [-0.39, 0.29) is 0 Å². The van der Waals surface area contributed by atoms with Crippen LogP contribution in [0.15, 0.2) is 90.3 Å². The number of hydrogen-bond acceptors (Lipinski definition) is 3. The maximum Gasteiger partial charge on any atom is 0.158 e. The van der Waals surface area contributed by atoms with E-state index in [9.17, 15) is 5.26 Å². The van der Waals surface area contributed by atoms with E-state index >= 15 is 0 Å². The summed E-state index contributed by atoms with van der Waals surface area (Å²) in [6, 6.07) is 23.7. The van der Waals surface area contributed by atoms with Crippen molar-refractivity contribution >= 4 is 11.9 Å². The van der Waals surface area contributed by atoms with Crippen molar-refractivity contribution in [2.75, 3.05) is 0 Å². The molecule has 2 aromatic heterocycles. The highest BCUT2D eigenvalue weighted by molar-refractivity contribution is 5.83. The third-order valence-electron chi connectivity index (χ3n) is 3.98. The minimum atomic E-state index is 0.503. The van der Waals surface area contributed by atoms with E-state index in [1.807, 2.05) is 89.9 Å². The number of rotatable bonds is 4. The summed E-state index contributed by atoms with van der Waals surface area (Å²) in [6.45, 7) is 0. The summed E-state index contributed by atoms with van der Waals surface area (Å²) in [5.41, 5.74) is 3.11. The van der Waals surface area contributed by atoms with Gasteiger partial charge in [-0.05, 0) is 29.8 Å². The van der Waals surface area contributed by atoms with E-state index in [2.05, 4.69) is 16.2 Å². The first kappa shape index (κ1) is 15.6. The standard InChI is InChI=1S/C21H15N5/c22-14-18-16-24-26(21(18)25-12-6-7-13-25)20-11-5-4-10-19(20)23-15-17-8-2-1-3-9-17/h1-13,15-16H. The van der Waals surface area contributed by atoms with Gasteiger partial charge in [0.2, 0.25) is 0 Å². The molecule has 4 rings (SSSR count). The van der Waals surface area contributed by atoms with Crippen LogP contribution in [0, 0.1) is 11.3 Å². The average Bonchev–Trinajstić information content (AvgIpc) is 3.36. The minimum absolute atomic E-state index is 0.503. The van der Waals surface area contributed by atoms with Crippen molar-refractivity contribution in [3.63, 3.8) is 0 Å². The minimum Gasteiger partial charge on any atom is -0.307 e. The van der Waals surface area contributed by atoms with Gasteiger partial charge in [0.05, 0.1) is 17.6 Å². The van der Waals surface area contributed by atoms with Crippen LogP contribution in [0.2, 0.25) is 0 Å². The van der Waals surface area contributed by atoms with Gasteiger partial charge in [0.1, 0.15) is 11.6 Å². The second kappa shape index (κ2) is 6.91. The fourth-order valence-electron chi connectivity index (χ4n) is 2.76. The van der Waals surface area contributed by atoms with Crippen LogP contribution in [0.25, 0.3) is 11.5 Å². The normalized spacial score (nSPS) is 10.9. The Kier molecular flexibility index (Phi) is 4.15. The van der Waals surface area contributed by atoms with Gasteiger partial charge in [-0.15, -0.1) is 0 Å². The van der Waals surface area contributed by atoms with Crippen molar-refractivity contribution < 1.29 is 0 Å². The van der Waals surface area contributed by atoms with Crippen LogP contribution in [-0.2, 0) is 0 Å². The topological polar surface area (TPSA) is 58.9 Å². The first-order valence-corrected chi connectivity index (χ1v) is 8.17. The maximum atomic E-state index is 9.45. The fourth-order valence-corrected chi connectivity index (χ4v) is 2.76. The summed E-state index contributed by atoms with van der Waals surface area (Å²) in [4.78, 5) is 4.63. The Bertz CT molecular complexity index is 1080. The number of para-hydroxylation sites is 2. The molecule has 0 saturated carbocycles. The molecule has 2 heterocycles. The van der Waals surface area contributed by atoms with E-state index in [1.54, 1.807) is 10.9 Å². The van der Waals surface area contributed by atoms with Gasteiger partial charge in [-0.25, -0.2) is 4.68 Å². The molecule has 0 unspecified atom stereocenters. The van der Waals surface area contributed by atoms with E-state index in [0.29, 0.717) is 11.4 Å². The van der Waals surface area contributed by atoms with Gasteiger partial charge < -0.3 is 4.57 Å². The van der Waals surface area contributed by atoms with E-state index in [1.165, 1.54) is 0 Å². The van der Waals surface area contributed by atoms with Crippen LogP contribution < -0.4 is 0 Å². The van der Waals surface area contributed by atoms with Crippen molar-refractivity contribution in [1.82, 2.24) is 14.3 Å². The number of aromatic nitrogens is 3. The van der Waals surface area contributed by atoms with Crippen LogP contribution >= 0.6 is 0 Å². The number of benzene rings is 2. The molecule has 0 saturated heterocycles. The van der Waals surface area contributed by atoms with Crippen molar-refractivity contribution in [3.05, 3.63) is 96.4 Å². The molecule has 0 fully saturated rings. The third-order valence-corrected chi connectivity index (χ3v) is 3.98. The molecule has 4 aromatic rings. The summed E-state index contributed by atoms with van der Waals surface area (Å²) < 4.78 is 3.62. The molecule has 2 aromatic carbocycles. The number of hydrogen-bond donors (Lipinski definition) is 0. The Hall–Kier alpha value is -3.91. The van der Waals surface area contributed by atoms with Crippen LogP contribution in [-0.4, -0.2) is 20.6 Å². The van der Waals surface area contributed by atoms with Crippen LogP contribution in [0.5, 0.6) is 0 Å². The lowest BCUT2D eigenvalue weighted by molar-refractivity contribution is 0.823. The lowest BCUT2D eigenvalue weighted by Gasteiger charge is -2.11. The molecular weight excluding hydrogens is 322 g/mol. The molecule has 124 valence electrons. The lowest BCUT2D eigenvalue weighted by atomic mass is 10.2. The first-order chi connectivity index (χ1) is 12.9. The monoisotopic (exact) mass is 337 g/mol. The molecular formula is C21H15N5. The first-order valence-electron chi connectivity index (χ1n) is 8.17. The van der Waals surface area contributed by atoms with Crippen molar-refractivity contribution in [2.45, 2.75) is 0 Å². The average molecular weight is 337 g/mol. The highest BCUT2D eigenvalue weighted by atomic mass is 15.3. The zero-order valence-electron chi connectivity index (χ0n) is 13.9. The van der Waals surface area contributed by atoms with Gasteiger partial charge in [0, 0.05) is 18.6 Å². The quantitative estimate of drug-likeness (QED) is 0.522. The molecule has 0 aliphatic carbocycles. The Morgan fingerprint density at radius 3 is 2.42 bits per heavy atom. The van der Waals surface area contributed by atoms with Crippen LogP contribution in [0.4, 0.5) is 5.69 Å². The van der Waals surface area contributed by atoms with Gasteiger partial charge in [-0.3, -0.25) is 4.99 Å². The molecule has 26 heavy (non-hydrogen) atoms. The summed E-state index contributed by atoms with van der Waals surface area (Å²) in [7, 11) is 0. The predicted molar refractivity (Wildman–Crippen MR) is 101 cm³/mol. The van der Waals surface area contributed by atoms with Gasteiger partial charge in [0.15, 0.2) is 5.82 Å². The molecule has 0 atom stereocenters. The molecule has 0 aliphatic heterocycles. The summed E-state index contributed by atoms with van der Waals surface area (Å²) in [5.74, 6) is 0.694. The molecule has 0 radical (unpaired) electrons. The molecule has 5 heteroatoms. The van der Waals surface area contributed by atoms with Gasteiger partial charge >= 0.3 is 0 Å². The molecule has 0 bridgehead atoms. The maximum absolute atomic E-state index is 9.45. The van der Waals surface area contributed by atoms with Gasteiger partial charge in [-0.1, -0.05) is 42.5 Å². The Morgan fingerprint density at radius 2 is 1.65 bits per heavy atom. The van der Waals surface area contributed by atoms with E-state index in [4.69, 9.17) is 0 Å². The molecule has 0 amide bonds. The highest BCUT2D eigenvalue weighted by Crippen LogP contribution is 2.27. The zero-order valence-corrected chi connectivity index (χ0v) is 13.9. The van der Waals surface area contributed by atoms with Crippen molar-refractivity contribution in [2.24, 2.45) is 4.99 Å². The highest BCUT2D eigenvalue weighted by Gasteiger charge is 2.15. The molecule has 0 spiro atoms. The van der Waals surface area contributed by atoms with Crippen molar-refractivity contribution in [3.8, 4) is 17.6 Å². The number of nitriles is 1. The van der Waals surface area contributed by atoms with E-state index in [0.717, 1.165) is 16.9 Å². The zero-order chi connectivity index (χ0) is 17.8. The lowest BCUT2D eigenvalue weighted by Crippen LogP contribution is -2.05. The van der Waals surface area contributed by atoms with Crippen molar-refractivity contribution in [1.29, 1.82) is 5.26 Å². The molecule has 5 nitrogen and oxygen atoms in total. The van der Waals surface area contributed by atoms with Gasteiger partial charge in [-0.2, -0.15) is 10.4 Å². The van der Waals surface area contributed by atoms with E-state index < -0.39 is 0 Å². The fraction of sp³-hybridized carbons (Fsp3) is 0. The Morgan fingerprint density at radius 1 is 0.923 bits per heavy atom. The summed E-state index contributed by atoms with van der Waals surface area (Å²) in [5, 5.41) is 13.9. The largest absolute Gasteiger partial charge is 0.307 e. The number of aliphatic imine (C=N–C) groups is 1.